The summed E-state index contributed by atoms with van der Waals surface area (Å²) in [5.74, 6) is 1.54. The molecular weight excluding hydrogens is 312 g/mol. The Labute approximate surface area is 143 Å². The van der Waals surface area contributed by atoms with Gasteiger partial charge in [-0.2, -0.15) is 0 Å². The van der Waals surface area contributed by atoms with E-state index in [4.69, 9.17) is 18.0 Å². The van der Waals surface area contributed by atoms with E-state index >= 15 is 0 Å². The Balaban J connectivity index is 3.29. The van der Waals surface area contributed by atoms with Crippen molar-refractivity contribution in [1.82, 2.24) is 10.2 Å². The highest BCUT2D eigenvalue weighted by Gasteiger charge is 2.32. The number of halogens is 1. The van der Waals surface area contributed by atoms with Crippen LogP contribution in [-0.4, -0.2) is 34.7 Å². The predicted octanol–water partition coefficient (Wildman–Crippen LogP) is 2.65. The quantitative estimate of drug-likeness (QED) is 0.665. The van der Waals surface area contributed by atoms with Crippen LogP contribution in [0.15, 0.2) is 24.3 Å². The molecule has 0 aromatic heterocycles. The zero-order valence-electron chi connectivity index (χ0n) is 14.0. The van der Waals surface area contributed by atoms with Gasteiger partial charge in [0.15, 0.2) is 0 Å². The maximum absolute atomic E-state index is 12.8. The summed E-state index contributed by atoms with van der Waals surface area (Å²) in [5, 5.41) is 2.91. The standard InChI is InChI=1S/C18H23ClN2O2/c1-6-11-21(15(22)12-19)16(17(23)20-18(3,4)5)14-9-7-13(2)8-10-14/h1,7-10,16H,11-12H2,2-5H3,(H,20,23). The molecule has 5 heteroatoms. The van der Waals surface area contributed by atoms with Crippen LogP contribution >= 0.6 is 11.6 Å². The van der Waals surface area contributed by atoms with E-state index in [-0.39, 0.29) is 24.2 Å². The molecule has 1 aromatic carbocycles. The minimum Gasteiger partial charge on any atom is -0.349 e. The van der Waals surface area contributed by atoms with Crippen molar-refractivity contribution < 1.29 is 9.59 Å². The van der Waals surface area contributed by atoms with E-state index in [0.29, 0.717) is 5.56 Å². The number of carbonyl (C=O) groups excluding carboxylic acids is 2. The maximum Gasteiger partial charge on any atom is 0.247 e. The topological polar surface area (TPSA) is 49.4 Å². The van der Waals surface area contributed by atoms with Gasteiger partial charge in [-0.05, 0) is 33.3 Å². The van der Waals surface area contributed by atoms with Gasteiger partial charge in [-0.1, -0.05) is 35.7 Å². The average molecular weight is 335 g/mol. The zero-order valence-corrected chi connectivity index (χ0v) is 14.8. The Morgan fingerprint density at radius 2 is 1.87 bits per heavy atom. The Morgan fingerprint density at radius 1 is 1.30 bits per heavy atom. The fourth-order valence-electron chi connectivity index (χ4n) is 2.16. The predicted molar refractivity (Wildman–Crippen MR) is 93.1 cm³/mol. The molecule has 124 valence electrons. The van der Waals surface area contributed by atoms with Crippen molar-refractivity contribution in [3.63, 3.8) is 0 Å². The molecule has 0 aliphatic rings. The van der Waals surface area contributed by atoms with E-state index in [1.807, 2.05) is 52.0 Å². The highest BCUT2D eigenvalue weighted by atomic mass is 35.5. The zero-order chi connectivity index (χ0) is 17.6. The largest absolute Gasteiger partial charge is 0.349 e. The Morgan fingerprint density at radius 3 is 2.30 bits per heavy atom. The molecule has 0 saturated heterocycles. The second-order valence-electron chi connectivity index (χ2n) is 6.41. The van der Waals surface area contributed by atoms with Crippen LogP contribution in [0.3, 0.4) is 0 Å². The van der Waals surface area contributed by atoms with Crippen LogP contribution in [0.1, 0.15) is 37.9 Å². The van der Waals surface area contributed by atoms with Crippen LogP contribution in [-0.2, 0) is 9.59 Å². The molecule has 0 spiro atoms. The molecule has 23 heavy (non-hydrogen) atoms. The molecule has 0 aliphatic carbocycles. The van der Waals surface area contributed by atoms with E-state index < -0.39 is 11.6 Å². The Kier molecular flexibility index (Phi) is 6.65. The van der Waals surface area contributed by atoms with Crippen molar-refractivity contribution in [2.24, 2.45) is 0 Å². The molecule has 2 amide bonds. The highest BCUT2D eigenvalue weighted by molar-refractivity contribution is 6.27. The third kappa shape index (κ3) is 5.61. The lowest BCUT2D eigenvalue weighted by Gasteiger charge is -2.32. The fourth-order valence-corrected chi connectivity index (χ4v) is 2.31. The van der Waals surface area contributed by atoms with Gasteiger partial charge >= 0.3 is 0 Å². The molecule has 0 saturated carbocycles. The summed E-state index contributed by atoms with van der Waals surface area (Å²) in [5.41, 5.74) is 1.34. The minimum absolute atomic E-state index is 0.0155. The van der Waals surface area contributed by atoms with Crippen LogP contribution in [0.25, 0.3) is 0 Å². The van der Waals surface area contributed by atoms with Gasteiger partial charge in [0, 0.05) is 5.54 Å². The van der Waals surface area contributed by atoms with Crippen molar-refractivity contribution >= 4 is 23.4 Å². The molecular formula is C18H23ClN2O2. The van der Waals surface area contributed by atoms with Gasteiger partial charge in [0.05, 0.1) is 6.54 Å². The molecule has 1 aromatic rings. The second-order valence-corrected chi connectivity index (χ2v) is 6.68. The normalized spacial score (nSPS) is 12.2. The third-order valence-corrected chi connectivity index (χ3v) is 3.38. The third-order valence-electron chi connectivity index (χ3n) is 3.15. The van der Waals surface area contributed by atoms with Gasteiger partial charge in [0.25, 0.3) is 0 Å². The molecule has 1 N–H and O–H groups in total. The SMILES string of the molecule is C#CCN(C(=O)CCl)C(C(=O)NC(C)(C)C)c1ccc(C)cc1. The number of hydrogen-bond donors (Lipinski definition) is 1. The van der Waals surface area contributed by atoms with Crippen molar-refractivity contribution in [2.45, 2.75) is 39.3 Å². The van der Waals surface area contributed by atoms with Gasteiger partial charge in [-0.15, -0.1) is 18.0 Å². The van der Waals surface area contributed by atoms with Crippen molar-refractivity contribution in [1.29, 1.82) is 0 Å². The molecule has 1 rings (SSSR count). The lowest BCUT2D eigenvalue weighted by atomic mass is 10.0. The van der Waals surface area contributed by atoms with Crippen LogP contribution in [0.4, 0.5) is 0 Å². The molecule has 0 bridgehead atoms. The van der Waals surface area contributed by atoms with E-state index in [2.05, 4.69) is 11.2 Å². The molecule has 1 atom stereocenters. The van der Waals surface area contributed by atoms with Crippen molar-refractivity contribution in [3.05, 3.63) is 35.4 Å². The number of aryl methyl sites for hydroxylation is 1. The number of nitrogens with zero attached hydrogens (tertiary/aromatic N) is 1. The number of hydrogen-bond acceptors (Lipinski definition) is 2. The minimum atomic E-state index is -0.808. The number of nitrogens with one attached hydrogen (secondary N) is 1. The van der Waals surface area contributed by atoms with E-state index in [1.165, 1.54) is 4.90 Å². The Bertz CT molecular complexity index is 597. The van der Waals surface area contributed by atoms with E-state index in [1.54, 1.807) is 0 Å². The number of amides is 2. The average Bonchev–Trinajstić information content (AvgIpc) is 2.46. The molecule has 1 unspecified atom stereocenters. The van der Waals surface area contributed by atoms with E-state index in [0.717, 1.165) is 5.56 Å². The highest BCUT2D eigenvalue weighted by Crippen LogP contribution is 2.23. The van der Waals surface area contributed by atoms with Crippen LogP contribution in [0.5, 0.6) is 0 Å². The number of carbonyl (C=O) groups is 2. The summed E-state index contributed by atoms with van der Waals surface area (Å²) in [6.45, 7) is 7.61. The molecule has 0 aliphatic heterocycles. The first kappa shape index (κ1) is 19.1. The summed E-state index contributed by atoms with van der Waals surface area (Å²) >= 11 is 5.69. The second kappa shape index (κ2) is 8.03. The summed E-state index contributed by atoms with van der Waals surface area (Å²) in [6, 6.07) is 6.63. The molecule has 4 nitrogen and oxygen atoms in total. The van der Waals surface area contributed by atoms with Crippen molar-refractivity contribution in [3.8, 4) is 12.3 Å². The van der Waals surface area contributed by atoms with Gasteiger partial charge in [0.1, 0.15) is 11.9 Å². The van der Waals surface area contributed by atoms with Crippen LogP contribution < -0.4 is 5.32 Å². The number of terminal acetylenes is 1. The first-order valence-electron chi connectivity index (χ1n) is 7.37. The first-order chi connectivity index (χ1) is 10.7. The van der Waals surface area contributed by atoms with Gasteiger partial charge in [-0.3, -0.25) is 9.59 Å². The van der Waals surface area contributed by atoms with Gasteiger partial charge < -0.3 is 10.2 Å². The number of alkyl halides is 1. The lowest BCUT2D eigenvalue weighted by molar-refractivity contribution is -0.139. The number of benzene rings is 1. The lowest BCUT2D eigenvalue weighted by Crippen LogP contribution is -2.49. The molecule has 0 heterocycles. The maximum atomic E-state index is 12.8. The smallest absolute Gasteiger partial charge is 0.247 e. The molecule has 0 radical (unpaired) electrons. The van der Waals surface area contributed by atoms with Crippen LogP contribution in [0.2, 0.25) is 0 Å². The van der Waals surface area contributed by atoms with Crippen molar-refractivity contribution in [2.75, 3.05) is 12.4 Å². The number of rotatable bonds is 5. The Hall–Kier alpha value is -1.99. The monoisotopic (exact) mass is 334 g/mol. The van der Waals surface area contributed by atoms with Gasteiger partial charge in [-0.25, -0.2) is 0 Å². The summed E-state index contributed by atoms with van der Waals surface area (Å²) < 4.78 is 0. The van der Waals surface area contributed by atoms with E-state index in [9.17, 15) is 9.59 Å². The first-order valence-corrected chi connectivity index (χ1v) is 7.90. The summed E-state index contributed by atoms with van der Waals surface area (Å²) in [4.78, 5) is 26.3. The summed E-state index contributed by atoms with van der Waals surface area (Å²) in [6.07, 6.45) is 5.37. The van der Waals surface area contributed by atoms with Gasteiger partial charge in [0.2, 0.25) is 11.8 Å². The van der Waals surface area contributed by atoms with Crippen LogP contribution in [0, 0.1) is 19.3 Å². The fraction of sp³-hybridized carbons (Fsp3) is 0.444. The molecule has 0 fully saturated rings. The summed E-state index contributed by atoms with van der Waals surface area (Å²) in [7, 11) is 0.